The van der Waals surface area contributed by atoms with Crippen molar-refractivity contribution in [3.05, 3.63) is 12.2 Å². The zero-order valence-corrected chi connectivity index (χ0v) is 11.2. The molecule has 0 spiro atoms. The van der Waals surface area contributed by atoms with Crippen LogP contribution in [0.3, 0.4) is 0 Å². The minimum absolute atomic E-state index is 0.684. The Kier molecular flexibility index (Phi) is 3.61. The summed E-state index contributed by atoms with van der Waals surface area (Å²) in [5.74, 6) is 1.10. The molecule has 0 aromatic carbocycles. The molecule has 5 nitrogen and oxygen atoms in total. The summed E-state index contributed by atoms with van der Waals surface area (Å²) in [6, 6.07) is 1.50. The largest absolute Gasteiger partial charge is 0.317 e. The van der Waals surface area contributed by atoms with Gasteiger partial charge in [-0.15, -0.1) is 10.2 Å². The van der Waals surface area contributed by atoms with Crippen molar-refractivity contribution >= 4 is 0 Å². The molecular weight excluding hydrogens is 226 g/mol. The lowest BCUT2D eigenvalue weighted by Gasteiger charge is -2.33. The first-order valence-corrected chi connectivity index (χ1v) is 7.20. The van der Waals surface area contributed by atoms with Crippen LogP contribution in [0.25, 0.3) is 0 Å². The summed E-state index contributed by atoms with van der Waals surface area (Å²) in [6.45, 7) is 6.39. The van der Waals surface area contributed by atoms with Crippen LogP contribution in [-0.4, -0.2) is 44.8 Å². The van der Waals surface area contributed by atoms with Crippen molar-refractivity contribution in [2.45, 2.75) is 57.8 Å². The van der Waals surface area contributed by atoms with Crippen LogP contribution in [0.1, 0.15) is 38.4 Å². The smallest absolute Gasteiger partial charge is 0.146 e. The average molecular weight is 249 g/mol. The Morgan fingerprint density at radius 2 is 2.22 bits per heavy atom. The Morgan fingerprint density at radius 1 is 1.33 bits per heavy atom. The molecule has 1 aliphatic heterocycles. The topological polar surface area (TPSA) is 46.0 Å². The highest BCUT2D eigenvalue weighted by molar-refractivity contribution is 4.91. The molecule has 100 valence electrons. The number of likely N-dealkylation sites (tertiary alicyclic amines) is 1. The molecule has 1 aromatic heterocycles. The Labute approximate surface area is 109 Å². The number of hydrogen-bond acceptors (Lipinski definition) is 4. The fourth-order valence-corrected chi connectivity index (χ4v) is 2.78. The highest BCUT2D eigenvalue weighted by Gasteiger charge is 2.27. The molecule has 1 saturated heterocycles. The van der Waals surface area contributed by atoms with Gasteiger partial charge in [0.15, 0.2) is 0 Å². The third-order valence-electron chi connectivity index (χ3n) is 3.96. The predicted molar refractivity (Wildman–Crippen MR) is 70.2 cm³/mol. The van der Waals surface area contributed by atoms with Gasteiger partial charge in [0.05, 0.1) is 6.54 Å². The SMILES string of the molecule is CCn1cnnc1CN1CCCC(NC2CC2)C1. The number of aryl methyl sites for hydroxylation is 1. The van der Waals surface area contributed by atoms with E-state index in [2.05, 4.69) is 31.9 Å². The van der Waals surface area contributed by atoms with Gasteiger partial charge in [-0.3, -0.25) is 4.90 Å². The van der Waals surface area contributed by atoms with E-state index in [0.717, 1.165) is 31.5 Å². The van der Waals surface area contributed by atoms with E-state index in [1.54, 1.807) is 0 Å². The first-order chi connectivity index (χ1) is 8.85. The number of rotatable bonds is 5. The van der Waals surface area contributed by atoms with Gasteiger partial charge in [-0.1, -0.05) is 0 Å². The maximum Gasteiger partial charge on any atom is 0.146 e. The van der Waals surface area contributed by atoms with E-state index in [4.69, 9.17) is 0 Å². The lowest BCUT2D eigenvalue weighted by atomic mass is 10.1. The normalized spacial score (nSPS) is 25.5. The molecule has 2 heterocycles. The molecule has 2 fully saturated rings. The van der Waals surface area contributed by atoms with Crippen molar-refractivity contribution in [1.29, 1.82) is 0 Å². The molecular formula is C13H23N5. The van der Waals surface area contributed by atoms with Gasteiger partial charge < -0.3 is 9.88 Å². The second-order valence-electron chi connectivity index (χ2n) is 5.55. The summed E-state index contributed by atoms with van der Waals surface area (Å²) in [4.78, 5) is 2.51. The van der Waals surface area contributed by atoms with Crippen molar-refractivity contribution in [1.82, 2.24) is 25.0 Å². The van der Waals surface area contributed by atoms with Gasteiger partial charge in [0.1, 0.15) is 12.2 Å². The van der Waals surface area contributed by atoms with Crippen LogP contribution in [0.5, 0.6) is 0 Å². The molecule has 0 bridgehead atoms. The van der Waals surface area contributed by atoms with Crippen LogP contribution in [0, 0.1) is 0 Å². The zero-order chi connectivity index (χ0) is 12.4. The third-order valence-corrected chi connectivity index (χ3v) is 3.96. The molecule has 1 N–H and O–H groups in total. The van der Waals surface area contributed by atoms with E-state index in [1.807, 2.05) is 6.33 Å². The van der Waals surface area contributed by atoms with Crippen LogP contribution in [-0.2, 0) is 13.1 Å². The van der Waals surface area contributed by atoms with E-state index in [1.165, 1.54) is 32.2 Å². The number of nitrogens with one attached hydrogen (secondary N) is 1. The maximum absolute atomic E-state index is 4.23. The molecule has 1 aromatic rings. The van der Waals surface area contributed by atoms with Crippen molar-refractivity contribution in [3.8, 4) is 0 Å². The Balaban J connectivity index is 1.55. The number of hydrogen-bond donors (Lipinski definition) is 1. The van der Waals surface area contributed by atoms with Gasteiger partial charge in [-0.05, 0) is 39.2 Å². The summed E-state index contributed by atoms with van der Waals surface area (Å²) in [7, 11) is 0. The van der Waals surface area contributed by atoms with E-state index in [9.17, 15) is 0 Å². The van der Waals surface area contributed by atoms with Crippen LogP contribution in [0.2, 0.25) is 0 Å². The number of piperidine rings is 1. The predicted octanol–water partition coefficient (Wildman–Crippen LogP) is 1.01. The fraction of sp³-hybridized carbons (Fsp3) is 0.846. The molecule has 2 aliphatic rings. The number of nitrogens with zero attached hydrogens (tertiary/aromatic N) is 4. The van der Waals surface area contributed by atoms with Crippen LogP contribution in [0.4, 0.5) is 0 Å². The second-order valence-corrected chi connectivity index (χ2v) is 5.55. The van der Waals surface area contributed by atoms with Gasteiger partial charge >= 0.3 is 0 Å². The average Bonchev–Trinajstić information content (AvgIpc) is 3.07. The van der Waals surface area contributed by atoms with Crippen molar-refractivity contribution < 1.29 is 0 Å². The first kappa shape index (κ1) is 12.1. The highest BCUT2D eigenvalue weighted by atomic mass is 15.3. The van der Waals surface area contributed by atoms with Gasteiger partial charge in [0, 0.05) is 25.2 Å². The van der Waals surface area contributed by atoms with Gasteiger partial charge in [0.25, 0.3) is 0 Å². The van der Waals surface area contributed by atoms with Crippen LogP contribution in [0.15, 0.2) is 6.33 Å². The summed E-state index contributed by atoms with van der Waals surface area (Å²) in [6.07, 6.45) is 7.21. The molecule has 0 amide bonds. The third kappa shape index (κ3) is 2.90. The summed E-state index contributed by atoms with van der Waals surface area (Å²) in [5, 5.41) is 12.0. The summed E-state index contributed by atoms with van der Waals surface area (Å²) >= 11 is 0. The Hall–Kier alpha value is -0.940. The second kappa shape index (κ2) is 5.36. The minimum atomic E-state index is 0.684. The molecule has 1 aliphatic carbocycles. The van der Waals surface area contributed by atoms with Crippen molar-refractivity contribution in [2.24, 2.45) is 0 Å². The molecule has 1 atom stereocenters. The highest BCUT2D eigenvalue weighted by Crippen LogP contribution is 2.22. The number of aromatic nitrogens is 3. The monoisotopic (exact) mass is 249 g/mol. The van der Waals surface area contributed by atoms with E-state index >= 15 is 0 Å². The maximum atomic E-state index is 4.23. The zero-order valence-electron chi connectivity index (χ0n) is 11.2. The van der Waals surface area contributed by atoms with Crippen molar-refractivity contribution in [2.75, 3.05) is 13.1 Å². The Morgan fingerprint density at radius 3 is 3.00 bits per heavy atom. The van der Waals surface area contributed by atoms with E-state index in [0.29, 0.717) is 6.04 Å². The Bertz CT molecular complexity index is 384. The lowest BCUT2D eigenvalue weighted by Crippen LogP contribution is -2.46. The minimum Gasteiger partial charge on any atom is -0.317 e. The lowest BCUT2D eigenvalue weighted by molar-refractivity contribution is 0.177. The molecule has 18 heavy (non-hydrogen) atoms. The molecule has 5 heteroatoms. The van der Waals surface area contributed by atoms with E-state index < -0.39 is 0 Å². The van der Waals surface area contributed by atoms with Gasteiger partial charge in [0.2, 0.25) is 0 Å². The summed E-state index contributed by atoms with van der Waals surface area (Å²) in [5.41, 5.74) is 0. The molecule has 1 saturated carbocycles. The van der Waals surface area contributed by atoms with Crippen LogP contribution >= 0.6 is 0 Å². The van der Waals surface area contributed by atoms with Gasteiger partial charge in [-0.25, -0.2) is 0 Å². The molecule has 0 radical (unpaired) electrons. The van der Waals surface area contributed by atoms with Gasteiger partial charge in [-0.2, -0.15) is 0 Å². The summed E-state index contributed by atoms with van der Waals surface area (Å²) < 4.78 is 2.14. The first-order valence-electron chi connectivity index (χ1n) is 7.20. The fourth-order valence-electron chi connectivity index (χ4n) is 2.78. The molecule has 3 rings (SSSR count). The quantitative estimate of drug-likeness (QED) is 0.846. The standard InChI is InChI=1S/C13H23N5/c1-2-18-10-14-16-13(18)9-17-7-3-4-12(8-17)15-11-5-6-11/h10-12,15H,2-9H2,1H3. The van der Waals surface area contributed by atoms with Crippen LogP contribution < -0.4 is 5.32 Å². The molecule has 1 unspecified atom stereocenters. The van der Waals surface area contributed by atoms with Crippen molar-refractivity contribution in [3.63, 3.8) is 0 Å². The van der Waals surface area contributed by atoms with E-state index in [-0.39, 0.29) is 0 Å².